The van der Waals surface area contributed by atoms with E-state index in [0.29, 0.717) is 0 Å². The molecule has 0 saturated heterocycles. The normalized spacial score (nSPS) is 17.4. The maximum absolute atomic E-state index is 12.7. The van der Waals surface area contributed by atoms with Gasteiger partial charge in [-0.3, -0.25) is 0 Å². The molecule has 0 unspecified atom stereocenters. The van der Waals surface area contributed by atoms with Gasteiger partial charge < -0.3 is 14.6 Å². The molecule has 102 valence electrons. The van der Waals surface area contributed by atoms with Gasteiger partial charge in [0.25, 0.3) is 0 Å². The van der Waals surface area contributed by atoms with Crippen molar-refractivity contribution in [1.82, 2.24) is 0 Å². The Labute approximate surface area is 143 Å². The molecule has 0 amide bonds. The third-order valence-electron chi connectivity index (χ3n) is 2.40. The van der Waals surface area contributed by atoms with Crippen molar-refractivity contribution in [2.24, 2.45) is 0 Å². The summed E-state index contributed by atoms with van der Waals surface area (Å²) in [5, 5.41) is 10.8. The Morgan fingerprint density at radius 2 is 1.90 bits per heavy atom. The number of benzene rings is 1. The Kier molecular flexibility index (Phi) is 5.43. The van der Waals surface area contributed by atoms with E-state index in [4.69, 9.17) is 23.2 Å². The first-order chi connectivity index (χ1) is 8.70. The van der Waals surface area contributed by atoms with Crippen molar-refractivity contribution in [1.29, 1.82) is 0 Å². The van der Waals surface area contributed by atoms with Crippen molar-refractivity contribution in [2.75, 3.05) is 0 Å². The van der Waals surface area contributed by atoms with Gasteiger partial charge in [-0.2, -0.15) is 13.2 Å². The maximum Gasteiger partial charge on any atom is 1.00 e. The number of rotatable bonds is 1. The second-order valence-electron chi connectivity index (χ2n) is 3.73. The number of alkyl halides is 3. The van der Waals surface area contributed by atoms with Crippen LogP contribution in [0.3, 0.4) is 0 Å². The van der Waals surface area contributed by atoms with Crippen LogP contribution in [0.2, 0.25) is 10.0 Å². The van der Waals surface area contributed by atoms with Gasteiger partial charge in [0.15, 0.2) is 0 Å². The van der Waals surface area contributed by atoms with Crippen molar-refractivity contribution in [3.63, 3.8) is 0 Å². The fraction of sp³-hybridized carbons (Fsp3) is 0.182. The number of fused-ring (bicyclic) bond motifs is 1. The van der Waals surface area contributed by atoms with Gasteiger partial charge in [-0.05, 0) is 18.2 Å². The predicted octanol–water partition coefficient (Wildman–Crippen LogP) is -0.546. The first-order valence-corrected chi connectivity index (χ1v) is 5.61. The summed E-state index contributed by atoms with van der Waals surface area (Å²) in [4.78, 5) is 10.8. The van der Waals surface area contributed by atoms with Gasteiger partial charge in [0.1, 0.15) is 5.75 Å². The van der Waals surface area contributed by atoms with E-state index in [1.807, 2.05) is 0 Å². The summed E-state index contributed by atoms with van der Waals surface area (Å²) in [6, 6.07) is 2.45. The van der Waals surface area contributed by atoms with E-state index in [-0.39, 0.29) is 50.9 Å². The van der Waals surface area contributed by atoms with Gasteiger partial charge in [0.05, 0.1) is 11.0 Å². The third kappa shape index (κ3) is 3.43. The molecule has 0 N–H and O–H groups in total. The van der Waals surface area contributed by atoms with Gasteiger partial charge in [0, 0.05) is 16.2 Å². The molecule has 0 aromatic heterocycles. The molecule has 1 aromatic carbocycles. The molecule has 1 aliphatic heterocycles. The summed E-state index contributed by atoms with van der Waals surface area (Å²) in [6.45, 7) is 0. The van der Waals surface area contributed by atoms with E-state index >= 15 is 0 Å². The molecule has 0 radical (unpaired) electrons. The molecular formula is C11H4Cl2F3NaO3. The summed E-state index contributed by atoms with van der Waals surface area (Å²) in [6.07, 6.45) is -6.72. The van der Waals surface area contributed by atoms with Crippen molar-refractivity contribution in [3.8, 4) is 5.75 Å². The molecule has 0 bridgehead atoms. The predicted molar refractivity (Wildman–Crippen MR) is 59.9 cm³/mol. The minimum atomic E-state index is -4.90. The molecule has 3 nitrogen and oxygen atoms in total. The minimum absolute atomic E-state index is 0. The molecule has 1 aliphatic rings. The van der Waals surface area contributed by atoms with Crippen molar-refractivity contribution >= 4 is 35.2 Å². The summed E-state index contributed by atoms with van der Waals surface area (Å²) in [5.41, 5.74) is -0.976. The van der Waals surface area contributed by atoms with Gasteiger partial charge in [-0.1, -0.05) is 23.2 Å². The quantitative estimate of drug-likeness (QED) is 0.648. The number of carbonyl (C=O) groups is 1. The largest absolute Gasteiger partial charge is 1.00 e. The first-order valence-electron chi connectivity index (χ1n) is 4.85. The number of hydrogen-bond acceptors (Lipinski definition) is 3. The van der Waals surface area contributed by atoms with Crippen molar-refractivity contribution in [2.45, 2.75) is 12.3 Å². The van der Waals surface area contributed by atoms with Gasteiger partial charge >= 0.3 is 35.7 Å². The molecule has 1 atom stereocenters. The standard InChI is InChI=1S/C11H5Cl2F3O3.Na/c12-5-1-4-2-6(10(17)18)9(11(14,15)16)19-8(4)7(13)3-5;/h1-3,9H,(H,17,18);/q;+1/p-1/t9-;/m0./s1. The Balaban J connectivity index is 0.00000200. The molecule has 0 aliphatic carbocycles. The Bertz CT molecular complexity index is 587. The zero-order valence-corrected chi connectivity index (χ0v) is 13.4. The molecule has 2 rings (SSSR count). The number of carboxylic acid groups (broad SMARTS) is 1. The van der Waals surface area contributed by atoms with Gasteiger partial charge in [-0.25, -0.2) is 0 Å². The van der Waals surface area contributed by atoms with Crippen LogP contribution in [0, 0.1) is 0 Å². The average molecular weight is 335 g/mol. The van der Waals surface area contributed by atoms with Crippen LogP contribution < -0.4 is 39.4 Å². The van der Waals surface area contributed by atoms with Crippen LogP contribution >= 0.6 is 23.2 Å². The number of carboxylic acids is 1. The van der Waals surface area contributed by atoms with Crippen LogP contribution in [-0.2, 0) is 4.79 Å². The number of hydrogen-bond donors (Lipinski definition) is 0. The molecule has 0 saturated carbocycles. The number of carbonyl (C=O) groups excluding carboxylic acids is 1. The van der Waals surface area contributed by atoms with E-state index in [1.54, 1.807) is 0 Å². The summed E-state index contributed by atoms with van der Waals surface area (Å²) in [5.74, 6) is -2.23. The zero-order valence-electron chi connectivity index (χ0n) is 9.92. The van der Waals surface area contributed by atoms with Gasteiger partial charge in [-0.15, -0.1) is 0 Å². The molecule has 1 heterocycles. The van der Waals surface area contributed by atoms with E-state index in [9.17, 15) is 23.1 Å². The molecule has 1 aromatic rings. The average Bonchev–Trinajstić information content (AvgIpc) is 2.25. The van der Waals surface area contributed by atoms with E-state index in [0.717, 1.165) is 6.08 Å². The summed E-state index contributed by atoms with van der Waals surface area (Å²) in [7, 11) is 0. The second kappa shape index (κ2) is 6.15. The van der Waals surface area contributed by atoms with Crippen LogP contribution in [0.5, 0.6) is 5.75 Å². The SMILES string of the molecule is O=C([O-])C1=Cc2cc(Cl)cc(Cl)c2O[C@@H]1C(F)(F)F.[Na+]. The van der Waals surface area contributed by atoms with Crippen LogP contribution in [0.4, 0.5) is 13.2 Å². The van der Waals surface area contributed by atoms with E-state index < -0.39 is 23.8 Å². The number of halogens is 5. The van der Waals surface area contributed by atoms with E-state index in [2.05, 4.69) is 4.74 Å². The van der Waals surface area contributed by atoms with E-state index in [1.165, 1.54) is 12.1 Å². The topological polar surface area (TPSA) is 49.4 Å². The Morgan fingerprint density at radius 3 is 2.40 bits per heavy atom. The Hall–Kier alpha value is -0.400. The fourth-order valence-electron chi connectivity index (χ4n) is 1.65. The second-order valence-corrected chi connectivity index (χ2v) is 4.58. The molecule has 0 spiro atoms. The maximum atomic E-state index is 12.7. The van der Waals surface area contributed by atoms with Crippen molar-refractivity contribution in [3.05, 3.63) is 33.3 Å². The van der Waals surface area contributed by atoms with Gasteiger partial charge in [0.2, 0.25) is 6.10 Å². The number of ether oxygens (including phenoxy) is 1. The van der Waals surface area contributed by atoms with Crippen molar-refractivity contribution < 1.29 is 57.4 Å². The minimum Gasteiger partial charge on any atom is -0.545 e. The molecule has 9 heteroatoms. The molecule has 20 heavy (non-hydrogen) atoms. The monoisotopic (exact) mass is 334 g/mol. The van der Waals surface area contributed by atoms with Crippen LogP contribution in [0.1, 0.15) is 5.56 Å². The van der Waals surface area contributed by atoms with Crippen LogP contribution in [0.15, 0.2) is 17.7 Å². The van der Waals surface area contributed by atoms with Crippen LogP contribution in [-0.4, -0.2) is 18.2 Å². The Morgan fingerprint density at radius 1 is 1.30 bits per heavy atom. The molecule has 0 fully saturated rings. The number of aliphatic carboxylic acids is 1. The summed E-state index contributed by atoms with van der Waals surface area (Å²) < 4.78 is 42.8. The smallest absolute Gasteiger partial charge is 0.545 e. The molecular weight excluding hydrogens is 331 g/mol. The fourth-order valence-corrected chi connectivity index (χ4v) is 2.20. The zero-order chi connectivity index (χ0) is 14.4. The first kappa shape index (κ1) is 17.7. The van der Waals surface area contributed by atoms with Crippen LogP contribution in [0.25, 0.3) is 6.08 Å². The third-order valence-corrected chi connectivity index (χ3v) is 2.90. The summed E-state index contributed by atoms with van der Waals surface area (Å²) >= 11 is 11.4.